The Morgan fingerprint density at radius 2 is 1.67 bits per heavy atom. The third-order valence-electron chi connectivity index (χ3n) is 2.21. The van der Waals surface area contributed by atoms with E-state index in [0.717, 1.165) is 0 Å². The van der Waals surface area contributed by atoms with Crippen LogP contribution in [0.25, 0.3) is 9.40 Å². The minimum absolute atomic E-state index is 1.28. The molecule has 2 heterocycles. The fourth-order valence-corrected chi connectivity index (χ4v) is 4.92. The summed E-state index contributed by atoms with van der Waals surface area (Å²) in [5.41, 5.74) is 2.85. The van der Waals surface area contributed by atoms with E-state index >= 15 is 0 Å². The van der Waals surface area contributed by atoms with Crippen LogP contribution < -0.4 is 0 Å². The van der Waals surface area contributed by atoms with Crippen LogP contribution in [0, 0.1) is 20.8 Å². The predicted octanol–water partition coefficient (Wildman–Crippen LogP) is 4.65. The number of rotatable bonds is 0. The van der Waals surface area contributed by atoms with Gasteiger partial charge in [0.25, 0.3) is 0 Å². The van der Waals surface area contributed by atoms with Crippen molar-refractivity contribution in [1.82, 2.24) is 0 Å². The number of halogens is 1. The van der Waals surface area contributed by atoms with Gasteiger partial charge in [-0.3, -0.25) is 0 Å². The number of fused-ring (bicyclic) bond motifs is 1. The molecule has 0 aromatic carbocycles. The van der Waals surface area contributed by atoms with Crippen LogP contribution in [0.15, 0.2) is 3.79 Å². The summed E-state index contributed by atoms with van der Waals surface area (Å²) in [6.07, 6.45) is 0. The Labute approximate surface area is 88.4 Å². The lowest BCUT2D eigenvalue weighted by molar-refractivity contribution is 1.45. The second-order valence-corrected chi connectivity index (χ2v) is 6.77. The maximum absolute atomic E-state index is 3.57. The number of aryl methyl sites for hydroxylation is 3. The molecule has 0 amide bonds. The Morgan fingerprint density at radius 3 is 2.25 bits per heavy atom. The average molecular weight is 261 g/mol. The second-order valence-electron chi connectivity index (χ2n) is 2.95. The molecule has 0 aliphatic heterocycles. The first-order valence-electron chi connectivity index (χ1n) is 3.76. The summed E-state index contributed by atoms with van der Waals surface area (Å²) >= 11 is 7.32. The summed E-state index contributed by atoms with van der Waals surface area (Å²) in [6.45, 7) is 6.59. The third-order valence-corrected chi connectivity index (χ3v) is 5.66. The summed E-state index contributed by atoms with van der Waals surface area (Å²) in [5.74, 6) is 0. The molecule has 64 valence electrons. The standard InChI is InChI=1S/C9H9BrS2/c1-4-6(3)11-9-7(4)5(2)8(10)12-9/h1-3H3. The van der Waals surface area contributed by atoms with Crippen LogP contribution in [0.5, 0.6) is 0 Å². The van der Waals surface area contributed by atoms with Crippen LogP contribution in [-0.4, -0.2) is 0 Å². The predicted molar refractivity (Wildman–Crippen MR) is 61.6 cm³/mol. The molecular formula is C9H9BrS2. The van der Waals surface area contributed by atoms with Crippen molar-refractivity contribution >= 4 is 48.0 Å². The first-order valence-corrected chi connectivity index (χ1v) is 6.18. The molecule has 0 bridgehead atoms. The van der Waals surface area contributed by atoms with Crippen LogP contribution in [0.2, 0.25) is 0 Å². The van der Waals surface area contributed by atoms with E-state index in [2.05, 4.69) is 36.7 Å². The van der Waals surface area contributed by atoms with Gasteiger partial charge in [0.05, 0.1) is 7.80 Å². The van der Waals surface area contributed by atoms with Crippen molar-refractivity contribution in [2.45, 2.75) is 20.8 Å². The van der Waals surface area contributed by atoms with Crippen LogP contribution >= 0.6 is 38.6 Å². The maximum atomic E-state index is 3.57. The van der Waals surface area contributed by atoms with Crippen LogP contribution in [0.4, 0.5) is 0 Å². The van der Waals surface area contributed by atoms with Gasteiger partial charge in [0, 0.05) is 10.3 Å². The van der Waals surface area contributed by atoms with Gasteiger partial charge in [-0.1, -0.05) is 0 Å². The zero-order valence-corrected chi connectivity index (χ0v) is 10.4. The SMILES string of the molecule is Cc1sc2sc(Br)c(C)c2c1C. The molecule has 3 heteroatoms. The first kappa shape index (κ1) is 8.73. The molecule has 0 aliphatic rings. The van der Waals surface area contributed by atoms with E-state index in [1.54, 1.807) is 0 Å². The zero-order valence-electron chi connectivity index (χ0n) is 7.19. The van der Waals surface area contributed by atoms with E-state index in [0.29, 0.717) is 0 Å². The molecule has 2 rings (SSSR count). The van der Waals surface area contributed by atoms with Crippen molar-refractivity contribution in [2.75, 3.05) is 0 Å². The monoisotopic (exact) mass is 260 g/mol. The van der Waals surface area contributed by atoms with Gasteiger partial charge in [-0.05, 0) is 47.8 Å². The average Bonchev–Trinajstić information content (AvgIpc) is 2.40. The van der Waals surface area contributed by atoms with Gasteiger partial charge in [-0.15, -0.1) is 22.7 Å². The molecule has 2 aromatic rings. The molecule has 0 nitrogen and oxygen atoms in total. The fraction of sp³-hybridized carbons (Fsp3) is 0.333. The van der Waals surface area contributed by atoms with E-state index in [9.17, 15) is 0 Å². The van der Waals surface area contributed by atoms with Gasteiger partial charge in [0.2, 0.25) is 0 Å². The molecule has 0 aliphatic carbocycles. The molecule has 0 unspecified atom stereocenters. The highest BCUT2D eigenvalue weighted by atomic mass is 79.9. The molecule has 0 N–H and O–H groups in total. The summed E-state index contributed by atoms with van der Waals surface area (Å²) in [5, 5.41) is 1.47. The Balaban J connectivity index is 2.94. The lowest BCUT2D eigenvalue weighted by Gasteiger charge is -1.90. The molecule has 0 saturated carbocycles. The lowest BCUT2D eigenvalue weighted by atomic mass is 10.2. The number of hydrogen-bond acceptors (Lipinski definition) is 2. The fourth-order valence-electron chi connectivity index (χ4n) is 1.36. The number of thiophene rings is 2. The Morgan fingerprint density at radius 1 is 1.00 bits per heavy atom. The van der Waals surface area contributed by atoms with Crippen LogP contribution in [0.1, 0.15) is 16.0 Å². The molecule has 12 heavy (non-hydrogen) atoms. The molecule has 0 radical (unpaired) electrons. The smallest absolute Gasteiger partial charge is 0.0885 e. The molecule has 0 atom stereocenters. The topological polar surface area (TPSA) is 0 Å². The van der Waals surface area contributed by atoms with E-state index < -0.39 is 0 Å². The summed E-state index contributed by atoms with van der Waals surface area (Å²) in [7, 11) is 0. The Kier molecular flexibility index (Phi) is 2.05. The highest BCUT2D eigenvalue weighted by Crippen LogP contribution is 2.42. The van der Waals surface area contributed by atoms with Crippen molar-refractivity contribution in [2.24, 2.45) is 0 Å². The Hall–Kier alpha value is 0.140. The van der Waals surface area contributed by atoms with Crippen molar-refractivity contribution in [3.05, 3.63) is 19.8 Å². The Bertz CT molecular complexity index is 399. The van der Waals surface area contributed by atoms with Gasteiger partial charge in [-0.25, -0.2) is 0 Å². The maximum Gasteiger partial charge on any atom is 0.0885 e. The summed E-state index contributed by atoms with van der Waals surface area (Å²) in [4.78, 5) is 1.45. The minimum atomic E-state index is 1.28. The van der Waals surface area contributed by atoms with Crippen molar-refractivity contribution < 1.29 is 0 Å². The van der Waals surface area contributed by atoms with Crippen molar-refractivity contribution in [3.8, 4) is 0 Å². The first-order chi connectivity index (χ1) is 5.61. The quantitative estimate of drug-likeness (QED) is 0.647. The molecule has 0 fully saturated rings. The molecule has 0 saturated heterocycles. The summed E-state index contributed by atoms with van der Waals surface area (Å²) in [6, 6.07) is 0. The van der Waals surface area contributed by atoms with E-state index in [4.69, 9.17) is 0 Å². The molecule has 0 spiro atoms. The largest absolute Gasteiger partial charge is 0.129 e. The lowest BCUT2D eigenvalue weighted by Crippen LogP contribution is -1.71. The number of hydrogen-bond donors (Lipinski definition) is 0. The van der Waals surface area contributed by atoms with E-state index in [1.807, 2.05) is 22.7 Å². The second kappa shape index (κ2) is 2.82. The van der Waals surface area contributed by atoms with Gasteiger partial charge in [0.15, 0.2) is 0 Å². The van der Waals surface area contributed by atoms with Gasteiger partial charge in [-0.2, -0.15) is 0 Å². The van der Waals surface area contributed by atoms with Gasteiger partial charge >= 0.3 is 0 Å². The normalized spacial score (nSPS) is 11.3. The molecule has 2 aromatic heterocycles. The third kappa shape index (κ3) is 1.07. The van der Waals surface area contributed by atoms with E-state index in [1.165, 1.54) is 29.2 Å². The highest BCUT2D eigenvalue weighted by molar-refractivity contribution is 9.11. The van der Waals surface area contributed by atoms with Gasteiger partial charge < -0.3 is 0 Å². The van der Waals surface area contributed by atoms with Crippen molar-refractivity contribution in [1.29, 1.82) is 0 Å². The van der Waals surface area contributed by atoms with Crippen LogP contribution in [-0.2, 0) is 0 Å². The molecular weight excluding hydrogens is 252 g/mol. The summed E-state index contributed by atoms with van der Waals surface area (Å²) < 4.78 is 2.74. The highest BCUT2D eigenvalue weighted by Gasteiger charge is 2.12. The van der Waals surface area contributed by atoms with Gasteiger partial charge in [0.1, 0.15) is 0 Å². The zero-order chi connectivity index (χ0) is 8.88. The van der Waals surface area contributed by atoms with Crippen LogP contribution in [0.3, 0.4) is 0 Å². The minimum Gasteiger partial charge on any atom is -0.129 e. The van der Waals surface area contributed by atoms with E-state index in [-0.39, 0.29) is 0 Å². The van der Waals surface area contributed by atoms with Crippen molar-refractivity contribution in [3.63, 3.8) is 0 Å².